The molecule has 0 saturated carbocycles. The lowest BCUT2D eigenvalue weighted by molar-refractivity contribution is -0.138. The third-order valence-corrected chi connectivity index (χ3v) is 5.52. The van der Waals surface area contributed by atoms with E-state index >= 15 is 0 Å². The Kier molecular flexibility index (Phi) is 6.68. The minimum Gasteiger partial charge on any atom is -0.497 e. The van der Waals surface area contributed by atoms with Gasteiger partial charge in [0.15, 0.2) is 0 Å². The topological polar surface area (TPSA) is 45.9 Å². The van der Waals surface area contributed by atoms with Gasteiger partial charge >= 0.3 is 6.18 Å². The highest BCUT2D eigenvalue weighted by Gasteiger charge is 2.36. The number of pyridine rings is 1. The first-order valence-corrected chi connectivity index (χ1v) is 10.2. The molecule has 0 atom stereocenters. The van der Waals surface area contributed by atoms with Gasteiger partial charge in [0.2, 0.25) is 0 Å². The summed E-state index contributed by atoms with van der Waals surface area (Å²) in [4.78, 5) is 4.40. The molecule has 3 nitrogen and oxygen atoms in total. The van der Waals surface area contributed by atoms with E-state index in [1.165, 1.54) is 0 Å². The maximum absolute atomic E-state index is 13.6. The largest absolute Gasteiger partial charge is 0.497 e. The van der Waals surface area contributed by atoms with Crippen molar-refractivity contribution in [2.24, 2.45) is 0 Å². The minimum absolute atomic E-state index is 0.0939. The Morgan fingerprint density at radius 2 is 1.73 bits per heavy atom. The van der Waals surface area contributed by atoms with Gasteiger partial charge < -0.3 is 4.74 Å². The molecule has 1 heterocycles. The number of nitriles is 1. The van der Waals surface area contributed by atoms with Crippen molar-refractivity contribution in [2.75, 3.05) is 12.9 Å². The molecule has 30 heavy (non-hydrogen) atoms. The van der Waals surface area contributed by atoms with Gasteiger partial charge in [-0.25, -0.2) is 4.98 Å². The van der Waals surface area contributed by atoms with E-state index < -0.39 is 17.3 Å². The molecule has 0 radical (unpaired) electrons. The fraction of sp³-hybridized carbons (Fsp3) is 0.217. The third-order valence-electron chi connectivity index (χ3n) is 4.54. The van der Waals surface area contributed by atoms with Crippen molar-refractivity contribution in [3.63, 3.8) is 0 Å². The van der Waals surface area contributed by atoms with Gasteiger partial charge in [-0.1, -0.05) is 42.0 Å². The van der Waals surface area contributed by atoms with Crippen molar-refractivity contribution in [3.05, 3.63) is 76.9 Å². The molecule has 154 valence electrons. The Morgan fingerprint density at radius 1 is 1.07 bits per heavy atom. The summed E-state index contributed by atoms with van der Waals surface area (Å²) in [5, 5.41) is 9.51. The maximum Gasteiger partial charge on any atom is 0.417 e. The lowest BCUT2D eigenvalue weighted by atomic mass is 10.0. The summed E-state index contributed by atoms with van der Waals surface area (Å²) in [5.74, 6) is 1.23. The second kappa shape index (κ2) is 9.23. The zero-order chi connectivity index (χ0) is 21.7. The van der Waals surface area contributed by atoms with Crippen LogP contribution < -0.4 is 4.74 Å². The standard InChI is InChI=1S/C23H19F3N2OS/c1-15-3-7-17(8-4-15)21-13-20(23(24,25)26)19(14-27)22(28-21)30-12-11-16-5-9-18(29-2)10-6-16/h3-10,13H,11-12H2,1-2H3. The second-order valence-electron chi connectivity index (χ2n) is 6.66. The van der Waals surface area contributed by atoms with Crippen LogP contribution in [0.2, 0.25) is 0 Å². The van der Waals surface area contributed by atoms with Crippen LogP contribution in [0.3, 0.4) is 0 Å². The van der Waals surface area contributed by atoms with Crippen LogP contribution in [-0.4, -0.2) is 17.8 Å². The van der Waals surface area contributed by atoms with E-state index in [-0.39, 0.29) is 10.7 Å². The Hall–Kier alpha value is -2.98. The number of nitrogens with zero attached hydrogens (tertiary/aromatic N) is 2. The Morgan fingerprint density at radius 3 is 2.30 bits per heavy atom. The molecule has 0 aliphatic rings. The smallest absolute Gasteiger partial charge is 0.417 e. The normalized spacial score (nSPS) is 11.2. The number of hydrogen-bond acceptors (Lipinski definition) is 4. The highest BCUT2D eigenvalue weighted by Crippen LogP contribution is 2.38. The minimum atomic E-state index is -4.64. The fourth-order valence-electron chi connectivity index (χ4n) is 2.89. The van der Waals surface area contributed by atoms with Crippen LogP contribution in [0.15, 0.2) is 59.6 Å². The lowest BCUT2D eigenvalue weighted by Crippen LogP contribution is -2.10. The number of halogens is 3. The molecule has 3 rings (SSSR count). The molecule has 0 fully saturated rings. The van der Waals surface area contributed by atoms with Crippen LogP contribution in [0.25, 0.3) is 11.3 Å². The Bertz CT molecular complexity index is 1060. The van der Waals surface area contributed by atoms with Gasteiger partial charge in [-0.2, -0.15) is 18.4 Å². The first-order chi connectivity index (χ1) is 14.3. The number of hydrogen-bond donors (Lipinski definition) is 0. The Balaban J connectivity index is 1.91. The quantitative estimate of drug-likeness (QED) is 0.433. The molecular weight excluding hydrogens is 409 g/mol. The molecule has 0 aliphatic heterocycles. The molecule has 0 N–H and O–H groups in total. The molecule has 1 aromatic heterocycles. The summed E-state index contributed by atoms with van der Waals surface area (Å²) in [7, 11) is 1.58. The van der Waals surface area contributed by atoms with Crippen molar-refractivity contribution < 1.29 is 17.9 Å². The van der Waals surface area contributed by atoms with Crippen molar-refractivity contribution >= 4 is 11.8 Å². The number of thioether (sulfide) groups is 1. The molecule has 0 spiro atoms. The monoisotopic (exact) mass is 428 g/mol. The van der Waals surface area contributed by atoms with Crippen molar-refractivity contribution in [2.45, 2.75) is 24.5 Å². The molecule has 0 saturated heterocycles. The molecule has 0 unspecified atom stereocenters. The van der Waals surface area contributed by atoms with E-state index in [2.05, 4.69) is 4.98 Å². The van der Waals surface area contributed by atoms with Crippen molar-refractivity contribution in [1.29, 1.82) is 5.26 Å². The van der Waals surface area contributed by atoms with E-state index in [4.69, 9.17) is 4.74 Å². The van der Waals surface area contributed by atoms with Crippen LogP contribution in [-0.2, 0) is 12.6 Å². The van der Waals surface area contributed by atoms with Crippen LogP contribution in [0, 0.1) is 18.3 Å². The van der Waals surface area contributed by atoms with Crippen LogP contribution in [0.5, 0.6) is 5.75 Å². The van der Waals surface area contributed by atoms with Crippen molar-refractivity contribution in [1.82, 2.24) is 4.98 Å². The number of aromatic nitrogens is 1. The number of rotatable bonds is 6. The number of methoxy groups -OCH3 is 1. The average molecular weight is 428 g/mol. The lowest BCUT2D eigenvalue weighted by Gasteiger charge is -2.14. The molecule has 7 heteroatoms. The van der Waals surface area contributed by atoms with Gasteiger partial charge in [0.1, 0.15) is 16.8 Å². The zero-order valence-corrected chi connectivity index (χ0v) is 17.3. The van der Waals surface area contributed by atoms with Gasteiger partial charge in [0.25, 0.3) is 0 Å². The molecule has 0 amide bonds. The number of ether oxygens (including phenoxy) is 1. The number of benzene rings is 2. The summed E-state index contributed by atoms with van der Waals surface area (Å²) in [6.45, 7) is 1.90. The van der Waals surface area contributed by atoms with Crippen LogP contribution in [0.4, 0.5) is 13.2 Å². The van der Waals surface area contributed by atoms with E-state index in [0.717, 1.165) is 34.7 Å². The molecule has 2 aromatic carbocycles. The van der Waals surface area contributed by atoms with Gasteiger partial charge in [-0.05, 0) is 37.1 Å². The summed E-state index contributed by atoms with van der Waals surface area (Å²) in [6, 6.07) is 17.2. The van der Waals surface area contributed by atoms with Gasteiger partial charge in [-0.3, -0.25) is 0 Å². The molecule has 3 aromatic rings. The van der Waals surface area contributed by atoms with Crippen molar-refractivity contribution in [3.8, 4) is 23.1 Å². The van der Waals surface area contributed by atoms with Gasteiger partial charge in [-0.15, -0.1) is 11.8 Å². The molecule has 0 bridgehead atoms. The first-order valence-electron chi connectivity index (χ1n) is 9.17. The zero-order valence-electron chi connectivity index (χ0n) is 16.5. The first kappa shape index (κ1) is 21.7. The number of alkyl halides is 3. The van der Waals surface area contributed by atoms with E-state index in [1.807, 2.05) is 43.3 Å². The fourth-order valence-corrected chi connectivity index (χ4v) is 3.88. The van der Waals surface area contributed by atoms with E-state index in [0.29, 0.717) is 17.7 Å². The summed E-state index contributed by atoms with van der Waals surface area (Å²) in [5.41, 5.74) is 1.41. The summed E-state index contributed by atoms with van der Waals surface area (Å²) < 4.78 is 46.0. The highest BCUT2D eigenvalue weighted by molar-refractivity contribution is 7.99. The average Bonchev–Trinajstić information content (AvgIpc) is 2.73. The Labute approximate surface area is 177 Å². The second-order valence-corrected chi connectivity index (χ2v) is 7.74. The predicted octanol–water partition coefficient (Wildman–Crippen LogP) is 6.29. The van der Waals surface area contributed by atoms with E-state index in [9.17, 15) is 18.4 Å². The maximum atomic E-state index is 13.6. The van der Waals surface area contributed by atoms with Crippen LogP contribution >= 0.6 is 11.8 Å². The van der Waals surface area contributed by atoms with E-state index in [1.54, 1.807) is 25.3 Å². The number of aryl methyl sites for hydroxylation is 2. The predicted molar refractivity (Wildman–Crippen MR) is 112 cm³/mol. The summed E-state index contributed by atoms with van der Waals surface area (Å²) >= 11 is 1.15. The molecular formula is C23H19F3N2OS. The van der Waals surface area contributed by atoms with Gasteiger partial charge in [0, 0.05) is 11.3 Å². The molecule has 0 aliphatic carbocycles. The highest BCUT2D eigenvalue weighted by atomic mass is 32.2. The summed E-state index contributed by atoms with van der Waals surface area (Å²) in [6.07, 6.45) is -4.02. The van der Waals surface area contributed by atoms with Gasteiger partial charge in [0.05, 0.1) is 23.9 Å². The third kappa shape index (κ3) is 5.14. The van der Waals surface area contributed by atoms with Crippen LogP contribution in [0.1, 0.15) is 22.3 Å². The SMILES string of the molecule is COc1ccc(CCSc2nc(-c3ccc(C)cc3)cc(C(F)(F)F)c2C#N)cc1.